The van der Waals surface area contributed by atoms with E-state index in [1.165, 1.54) is 32.7 Å². The summed E-state index contributed by atoms with van der Waals surface area (Å²) in [6.07, 6.45) is 0.281. The Morgan fingerprint density at radius 2 is 2.06 bits per heavy atom. The highest BCUT2D eigenvalue weighted by atomic mass is 32.1. The van der Waals surface area contributed by atoms with E-state index in [1.54, 1.807) is 0 Å². The molecule has 0 aromatic carbocycles. The lowest BCUT2D eigenvalue weighted by Gasteiger charge is -2.21. The highest BCUT2D eigenvalue weighted by Crippen LogP contribution is 2.53. The van der Waals surface area contributed by atoms with Gasteiger partial charge in [-0.1, -0.05) is 6.07 Å². The van der Waals surface area contributed by atoms with Crippen LogP contribution in [0.2, 0.25) is 0 Å². The van der Waals surface area contributed by atoms with E-state index in [-0.39, 0.29) is 6.42 Å². The van der Waals surface area contributed by atoms with Gasteiger partial charge in [0.05, 0.1) is 7.11 Å². The molecule has 0 saturated carbocycles. The van der Waals surface area contributed by atoms with Gasteiger partial charge < -0.3 is 13.8 Å². The zero-order valence-corrected chi connectivity index (χ0v) is 11.6. The molecule has 1 atom stereocenters. The summed E-state index contributed by atoms with van der Waals surface area (Å²) in [6.45, 7) is 0. The van der Waals surface area contributed by atoms with Gasteiger partial charge in [-0.15, -0.1) is 11.3 Å². The van der Waals surface area contributed by atoms with E-state index in [9.17, 15) is 9.36 Å². The normalized spacial score (nSPS) is 13.4. The third-order valence-corrected chi connectivity index (χ3v) is 5.41. The second kappa shape index (κ2) is 6.31. The Balaban J connectivity index is 2.95. The predicted molar refractivity (Wildman–Crippen MR) is 65.5 cm³/mol. The minimum atomic E-state index is -3.47. The molecule has 1 rings (SSSR count). The third-order valence-electron chi connectivity index (χ3n) is 2.34. The van der Waals surface area contributed by atoms with Crippen molar-refractivity contribution in [3.8, 4) is 0 Å². The van der Waals surface area contributed by atoms with Gasteiger partial charge in [0, 0.05) is 25.5 Å². The number of esters is 1. The van der Waals surface area contributed by atoms with Gasteiger partial charge in [-0.2, -0.15) is 0 Å². The third kappa shape index (κ3) is 3.39. The Hall–Kier alpha value is -0.680. The zero-order chi connectivity index (χ0) is 12.9. The molecular formula is C10H15O5PS. The van der Waals surface area contributed by atoms with Crippen molar-refractivity contribution < 1.29 is 23.1 Å². The summed E-state index contributed by atoms with van der Waals surface area (Å²) < 4.78 is 26.6. The molecule has 0 aliphatic rings. The summed E-state index contributed by atoms with van der Waals surface area (Å²) in [7, 11) is 0.294. The lowest BCUT2D eigenvalue weighted by molar-refractivity contribution is -0.140. The van der Waals surface area contributed by atoms with Gasteiger partial charge in [0.25, 0.3) is 0 Å². The second-order valence-electron chi connectivity index (χ2n) is 3.23. The Bertz CT molecular complexity index is 395. The van der Waals surface area contributed by atoms with E-state index in [1.807, 2.05) is 17.5 Å². The number of ether oxygens (including phenoxy) is 1. The maximum atomic E-state index is 12.2. The molecule has 7 heteroatoms. The van der Waals surface area contributed by atoms with E-state index in [0.717, 1.165) is 4.88 Å². The van der Waals surface area contributed by atoms with Crippen molar-refractivity contribution in [1.82, 2.24) is 0 Å². The fourth-order valence-corrected chi connectivity index (χ4v) is 3.73. The summed E-state index contributed by atoms with van der Waals surface area (Å²) in [5.41, 5.74) is -0.929. The smallest absolute Gasteiger partial charge is 0.344 e. The van der Waals surface area contributed by atoms with Crippen molar-refractivity contribution in [3.05, 3.63) is 22.4 Å². The monoisotopic (exact) mass is 278 g/mol. The molecule has 0 aliphatic carbocycles. The largest absolute Gasteiger partial charge is 0.468 e. The number of carbonyl (C=O) groups is 1. The molecule has 0 amide bonds. The van der Waals surface area contributed by atoms with Crippen LogP contribution in [0.4, 0.5) is 0 Å². The average molecular weight is 278 g/mol. The predicted octanol–water partition coefficient (Wildman–Crippen LogP) is 2.32. The topological polar surface area (TPSA) is 61.8 Å². The van der Waals surface area contributed by atoms with Crippen LogP contribution in [0.5, 0.6) is 0 Å². The SMILES string of the molecule is COC(=O)C(Cc1cccs1)P(=O)(OC)OC. The Morgan fingerprint density at radius 1 is 1.41 bits per heavy atom. The van der Waals surface area contributed by atoms with E-state index in [4.69, 9.17) is 9.05 Å². The maximum Gasteiger partial charge on any atom is 0.344 e. The van der Waals surface area contributed by atoms with Gasteiger partial charge in [-0.25, -0.2) is 0 Å². The van der Waals surface area contributed by atoms with Crippen LogP contribution in [0.15, 0.2) is 17.5 Å². The first kappa shape index (κ1) is 14.4. The van der Waals surface area contributed by atoms with Gasteiger partial charge in [-0.05, 0) is 11.4 Å². The number of thiophene rings is 1. The molecule has 0 fully saturated rings. The quantitative estimate of drug-likeness (QED) is 0.590. The van der Waals surface area contributed by atoms with Crippen molar-refractivity contribution in [2.45, 2.75) is 12.1 Å². The van der Waals surface area contributed by atoms with Crippen LogP contribution in [0.3, 0.4) is 0 Å². The van der Waals surface area contributed by atoms with Crippen LogP contribution in [-0.4, -0.2) is 33.0 Å². The van der Waals surface area contributed by atoms with Crippen molar-refractivity contribution in [3.63, 3.8) is 0 Å². The number of hydrogen-bond donors (Lipinski definition) is 0. The summed E-state index contributed by atoms with van der Waals surface area (Å²) in [4.78, 5) is 12.6. The van der Waals surface area contributed by atoms with Gasteiger partial charge >= 0.3 is 13.6 Å². The van der Waals surface area contributed by atoms with Gasteiger partial charge in [0.15, 0.2) is 5.66 Å². The maximum absolute atomic E-state index is 12.2. The molecule has 0 bridgehead atoms. The highest BCUT2D eigenvalue weighted by Gasteiger charge is 2.41. The van der Waals surface area contributed by atoms with Gasteiger partial charge in [0.1, 0.15) is 0 Å². The average Bonchev–Trinajstić information content (AvgIpc) is 2.87. The Labute approximate surface area is 104 Å². The number of hydrogen-bond acceptors (Lipinski definition) is 6. The summed E-state index contributed by atoms with van der Waals surface area (Å²) in [6, 6.07) is 3.72. The summed E-state index contributed by atoms with van der Waals surface area (Å²) >= 11 is 1.48. The molecule has 0 radical (unpaired) electrons. The number of rotatable bonds is 6. The second-order valence-corrected chi connectivity index (χ2v) is 6.69. The first-order valence-corrected chi connectivity index (χ1v) is 7.38. The zero-order valence-electron chi connectivity index (χ0n) is 9.91. The molecule has 1 unspecified atom stereocenters. The molecule has 0 N–H and O–H groups in total. The van der Waals surface area contributed by atoms with Crippen LogP contribution in [-0.2, 0) is 29.6 Å². The molecule has 5 nitrogen and oxygen atoms in total. The lowest BCUT2D eigenvalue weighted by atomic mass is 10.2. The molecule has 0 spiro atoms. The standard InChI is InChI=1S/C10H15O5PS/c1-13-10(11)9(16(12,14-2)15-3)7-8-5-4-6-17-8/h4-6,9H,7H2,1-3H3. The van der Waals surface area contributed by atoms with Crippen LogP contribution >= 0.6 is 18.9 Å². The molecular weight excluding hydrogens is 263 g/mol. The van der Waals surface area contributed by atoms with Crippen LogP contribution in [0.25, 0.3) is 0 Å². The first-order valence-electron chi connectivity index (χ1n) is 4.88. The van der Waals surface area contributed by atoms with Crippen LogP contribution in [0.1, 0.15) is 4.88 Å². The Kier molecular flexibility index (Phi) is 5.33. The fraction of sp³-hybridized carbons (Fsp3) is 0.500. The van der Waals surface area contributed by atoms with E-state index >= 15 is 0 Å². The summed E-state index contributed by atoms with van der Waals surface area (Å²) in [5, 5.41) is 1.88. The van der Waals surface area contributed by atoms with Crippen molar-refractivity contribution >= 4 is 24.9 Å². The number of carbonyl (C=O) groups excluding carboxylic acids is 1. The van der Waals surface area contributed by atoms with Crippen LogP contribution in [0, 0.1) is 0 Å². The summed E-state index contributed by atoms with van der Waals surface area (Å²) in [5.74, 6) is -0.592. The van der Waals surface area contributed by atoms with Gasteiger partial charge in [-0.3, -0.25) is 9.36 Å². The molecule has 17 heavy (non-hydrogen) atoms. The Morgan fingerprint density at radius 3 is 2.47 bits per heavy atom. The molecule has 96 valence electrons. The van der Waals surface area contributed by atoms with Crippen molar-refractivity contribution in [2.24, 2.45) is 0 Å². The highest BCUT2D eigenvalue weighted by molar-refractivity contribution is 7.55. The lowest BCUT2D eigenvalue weighted by Crippen LogP contribution is -2.26. The van der Waals surface area contributed by atoms with Crippen LogP contribution < -0.4 is 0 Å². The van der Waals surface area contributed by atoms with E-state index in [2.05, 4.69) is 4.74 Å². The molecule has 0 saturated heterocycles. The molecule has 1 aromatic rings. The number of methoxy groups -OCH3 is 1. The first-order chi connectivity index (χ1) is 8.07. The molecule has 1 heterocycles. The van der Waals surface area contributed by atoms with E-state index in [0.29, 0.717) is 0 Å². The minimum absolute atomic E-state index is 0.281. The molecule has 1 aromatic heterocycles. The fourth-order valence-electron chi connectivity index (χ4n) is 1.41. The van der Waals surface area contributed by atoms with Crippen molar-refractivity contribution in [1.29, 1.82) is 0 Å². The molecule has 0 aliphatic heterocycles. The van der Waals surface area contributed by atoms with Gasteiger partial charge in [0.2, 0.25) is 0 Å². The van der Waals surface area contributed by atoms with Crippen molar-refractivity contribution in [2.75, 3.05) is 21.3 Å². The minimum Gasteiger partial charge on any atom is -0.468 e. The van der Waals surface area contributed by atoms with E-state index < -0.39 is 19.2 Å².